The van der Waals surface area contributed by atoms with E-state index in [0.717, 1.165) is 29.6 Å². The van der Waals surface area contributed by atoms with E-state index in [9.17, 15) is 0 Å². The van der Waals surface area contributed by atoms with E-state index in [-0.39, 0.29) is 0 Å². The highest BCUT2D eigenvalue weighted by Gasteiger charge is 2.06. The summed E-state index contributed by atoms with van der Waals surface area (Å²) in [6.45, 7) is 0. The van der Waals surface area contributed by atoms with E-state index in [1.165, 1.54) is 5.56 Å². The highest BCUT2D eigenvalue weighted by molar-refractivity contribution is 6.30. The minimum absolute atomic E-state index is 0.603. The summed E-state index contributed by atoms with van der Waals surface area (Å²) in [5, 5.41) is 1.62. The molecule has 0 fully saturated rings. The van der Waals surface area contributed by atoms with Crippen molar-refractivity contribution < 1.29 is 0 Å². The van der Waals surface area contributed by atoms with Gasteiger partial charge in [0.15, 0.2) is 0 Å². The fourth-order valence-corrected chi connectivity index (χ4v) is 2.26. The first kappa shape index (κ1) is 11.2. The Labute approximate surface area is 110 Å². The third-order valence-electron chi connectivity index (χ3n) is 2.97. The third kappa shape index (κ3) is 2.22. The Morgan fingerprint density at radius 3 is 2.72 bits per heavy atom. The molecule has 0 atom stereocenters. The van der Waals surface area contributed by atoms with Crippen molar-refractivity contribution in [1.82, 2.24) is 15.0 Å². The van der Waals surface area contributed by atoms with Gasteiger partial charge in [-0.25, -0.2) is 9.97 Å². The van der Waals surface area contributed by atoms with E-state index >= 15 is 0 Å². The molecule has 0 saturated carbocycles. The van der Waals surface area contributed by atoms with Gasteiger partial charge >= 0.3 is 0 Å². The van der Waals surface area contributed by atoms with Crippen LogP contribution in [0.3, 0.4) is 0 Å². The summed E-state index contributed by atoms with van der Waals surface area (Å²) in [7, 11) is 0. The molecule has 0 unspecified atom stereocenters. The van der Waals surface area contributed by atoms with Crippen LogP contribution in [0.15, 0.2) is 42.7 Å². The molecule has 3 nitrogen and oxygen atoms in total. The summed E-state index contributed by atoms with van der Waals surface area (Å²) < 4.78 is 0. The zero-order chi connectivity index (χ0) is 12.4. The van der Waals surface area contributed by atoms with Crippen molar-refractivity contribution in [2.45, 2.75) is 12.8 Å². The monoisotopic (exact) mass is 257 g/mol. The summed E-state index contributed by atoms with van der Waals surface area (Å²) in [5.41, 5.74) is 3.15. The van der Waals surface area contributed by atoms with Gasteiger partial charge in [-0.05, 0) is 24.5 Å². The molecule has 0 aliphatic rings. The van der Waals surface area contributed by atoms with Crippen LogP contribution >= 0.6 is 11.6 Å². The van der Waals surface area contributed by atoms with Gasteiger partial charge < -0.3 is 4.98 Å². The lowest BCUT2D eigenvalue weighted by molar-refractivity contribution is 0.917. The minimum Gasteiger partial charge on any atom is -0.330 e. The highest BCUT2D eigenvalue weighted by atomic mass is 35.5. The third-order valence-corrected chi connectivity index (χ3v) is 3.17. The molecule has 0 aliphatic carbocycles. The van der Waals surface area contributed by atoms with Gasteiger partial charge in [0.25, 0.3) is 0 Å². The van der Waals surface area contributed by atoms with Crippen LogP contribution in [-0.4, -0.2) is 15.0 Å². The largest absolute Gasteiger partial charge is 0.330 e. The van der Waals surface area contributed by atoms with Gasteiger partial charge in [-0.2, -0.15) is 0 Å². The Morgan fingerprint density at radius 2 is 1.89 bits per heavy atom. The average Bonchev–Trinajstić information content (AvgIpc) is 2.78. The number of nitrogens with one attached hydrogen (secondary N) is 1. The number of aryl methyl sites for hydroxylation is 2. The van der Waals surface area contributed by atoms with E-state index in [2.05, 4.69) is 39.2 Å². The molecule has 18 heavy (non-hydrogen) atoms. The van der Waals surface area contributed by atoms with Crippen LogP contribution in [0.4, 0.5) is 0 Å². The van der Waals surface area contributed by atoms with Crippen molar-refractivity contribution in [1.29, 1.82) is 0 Å². The van der Waals surface area contributed by atoms with Crippen molar-refractivity contribution in [3.05, 3.63) is 59.1 Å². The molecule has 0 bridgehead atoms. The molecule has 0 saturated heterocycles. The van der Waals surface area contributed by atoms with Crippen LogP contribution in [0, 0.1) is 0 Å². The molecule has 3 aromatic rings. The van der Waals surface area contributed by atoms with Gasteiger partial charge in [0, 0.05) is 5.39 Å². The number of hydrogen-bond donors (Lipinski definition) is 1. The molecule has 0 spiro atoms. The normalized spacial score (nSPS) is 10.9. The van der Waals surface area contributed by atoms with Crippen molar-refractivity contribution >= 4 is 22.6 Å². The van der Waals surface area contributed by atoms with Gasteiger partial charge in [0.05, 0.1) is 5.69 Å². The van der Waals surface area contributed by atoms with Crippen LogP contribution < -0.4 is 0 Å². The molecule has 0 aliphatic heterocycles. The number of halogens is 1. The van der Waals surface area contributed by atoms with Crippen molar-refractivity contribution in [2.75, 3.05) is 0 Å². The zero-order valence-corrected chi connectivity index (χ0v) is 10.5. The number of H-pyrrole nitrogens is 1. The molecule has 1 N–H and O–H groups in total. The first-order valence-electron chi connectivity index (χ1n) is 5.85. The molecule has 0 radical (unpaired) electrons. The summed E-state index contributed by atoms with van der Waals surface area (Å²) in [6, 6.07) is 12.3. The molecule has 2 heterocycles. The maximum atomic E-state index is 5.95. The second-order valence-corrected chi connectivity index (χ2v) is 4.59. The molecule has 90 valence electrons. The molecule has 0 amide bonds. The first-order valence-corrected chi connectivity index (χ1v) is 6.23. The second-order valence-electron chi connectivity index (χ2n) is 4.19. The summed E-state index contributed by atoms with van der Waals surface area (Å²) in [4.78, 5) is 11.5. The first-order chi connectivity index (χ1) is 8.83. The van der Waals surface area contributed by atoms with Crippen LogP contribution in [-0.2, 0) is 12.8 Å². The van der Waals surface area contributed by atoms with Crippen LogP contribution in [0.25, 0.3) is 11.0 Å². The Bertz CT molecular complexity index is 661. The number of aromatic amines is 1. The lowest BCUT2D eigenvalue weighted by Crippen LogP contribution is -1.96. The number of benzene rings is 1. The molecular formula is C14H12ClN3. The number of rotatable bonds is 3. The smallest absolute Gasteiger partial charge is 0.142 e. The Hall–Kier alpha value is -1.87. The molecular weight excluding hydrogens is 246 g/mol. The fraction of sp³-hybridized carbons (Fsp3) is 0.143. The van der Waals surface area contributed by atoms with Gasteiger partial charge in [-0.3, -0.25) is 0 Å². The Balaban J connectivity index is 1.86. The van der Waals surface area contributed by atoms with Crippen molar-refractivity contribution in [3.8, 4) is 0 Å². The molecule has 1 aromatic carbocycles. The SMILES string of the molecule is Clc1cc2c(CCc3ccccc3)ncnc2[nH]1. The predicted octanol–water partition coefficient (Wildman–Crippen LogP) is 3.40. The number of aromatic nitrogens is 3. The number of hydrogen-bond acceptors (Lipinski definition) is 2. The summed E-state index contributed by atoms with van der Waals surface area (Å²) in [5.74, 6) is 0. The quantitative estimate of drug-likeness (QED) is 0.781. The van der Waals surface area contributed by atoms with E-state index < -0.39 is 0 Å². The Morgan fingerprint density at radius 1 is 1.06 bits per heavy atom. The molecule has 3 rings (SSSR count). The van der Waals surface area contributed by atoms with E-state index in [0.29, 0.717) is 5.15 Å². The van der Waals surface area contributed by atoms with Crippen LogP contribution in [0.5, 0.6) is 0 Å². The van der Waals surface area contributed by atoms with Gasteiger partial charge in [0.2, 0.25) is 0 Å². The number of nitrogens with zero attached hydrogens (tertiary/aromatic N) is 2. The average molecular weight is 258 g/mol. The minimum atomic E-state index is 0.603. The lowest BCUT2D eigenvalue weighted by atomic mass is 10.1. The zero-order valence-electron chi connectivity index (χ0n) is 9.73. The van der Waals surface area contributed by atoms with Gasteiger partial charge in [0.1, 0.15) is 17.1 Å². The standard InChI is InChI=1S/C14H12ClN3/c15-13-8-11-12(16-9-17-14(11)18-13)7-6-10-4-2-1-3-5-10/h1-5,8-9H,6-7H2,(H,16,17,18). The summed E-state index contributed by atoms with van der Waals surface area (Å²) >= 11 is 5.95. The van der Waals surface area contributed by atoms with Crippen LogP contribution in [0.1, 0.15) is 11.3 Å². The predicted molar refractivity (Wildman–Crippen MR) is 72.7 cm³/mol. The second kappa shape index (κ2) is 4.78. The van der Waals surface area contributed by atoms with Crippen molar-refractivity contribution in [3.63, 3.8) is 0 Å². The van der Waals surface area contributed by atoms with Crippen LogP contribution in [0.2, 0.25) is 5.15 Å². The molecule has 4 heteroatoms. The highest BCUT2D eigenvalue weighted by Crippen LogP contribution is 2.20. The van der Waals surface area contributed by atoms with E-state index in [4.69, 9.17) is 11.6 Å². The fourth-order valence-electron chi connectivity index (χ4n) is 2.07. The maximum Gasteiger partial charge on any atom is 0.142 e. The molecule has 2 aromatic heterocycles. The van der Waals surface area contributed by atoms with Gasteiger partial charge in [-0.1, -0.05) is 41.9 Å². The Kier molecular flexibility index (Phi) is 2.99. The maximum absolute atomic E-state index is 5.95. The van der Waals surface area contributed by atoms with E-state index in [1.807, 2.05) is 12.1 Å². The lowest BCUT2D eigenvalue weighted by Gasteiger charge is -2.02. The van der Waals surface area contributed by atoms with Gasteiger partial charge in [-0.15, -0.1) is 0 Å². The van der Waals surface area contributed by atoms with Crippen molar-refractivity contribution in [2.24, 2.45) is 0 Å². The number of fused-ring (bicyclic) bond motifs is 1. The topological polar surface area (TPSA) is 41.6 Å². The van der Waals surface area contributed by atoms with E-state index in [1.54, 1.807) is 6.33 Å². The summed E-state index contributed by atoms with van der Waals surface area (Å²) in [6.07, 6.45) is 3.43.